The van der Waals surface area contributed by atoms with Gasteiger partial charge < -0.3 is 4.43 Å². The Morgan fingerprint density at radius 3 is 2.35 bits per heavy atom. The van der Waals surface area contributed by atoms with Gasteiger partial charge in [0.25, 0.3) is 0 Å². The first-order chi connectivity index (χ1) is 12.3. The lowest BCUT2D eigenvalue weighted by molar-refractivity contribution is 0.292. The van der Waals surface area contributed by atoms with Gasteiger partial charge in [0.2, 0.25) is 0 Å². The number of hydrogen-bond acceptors (Lipinski definition) is 2. The van der Waals surface area contributed by atoms with Gasteiger partial charge in [0, 0.05) is 18.4 Å². The molecule has 26 heavy (non-hydrogen) atoms. The van der Waals surface area contributed by atoms with Crippen LogP contribution < -0.4 is 0 Å². The molecule has 0 fully saturated rings. The molecule has 3 rings (SSSR count). The van der Waals surface area contributed by atoms with Crippen molar-refractivity contribution in [2.45, 2.75) is 45.3 Å². The summed E-state index contributed by atoms with van der Waals surface area (Å²) in [4.78, 5) is 4.62. The summed E-state index contributed by atoms with van der Waals surface area (Å²) in [6.07, 6.45) is 2.77. The zero-order valence-electron chi connectivity index (χ0n) is 16.5. The van der Waals surface area contributed by atoms with E-state index in [1.165, 1.54) is 21.9 Å². The van der Waals surface area contributed by atoms with Gasteiger partial charge in [0.1, 0.15) is 0 Å². The molecular weight excluding hydrogens is 334 g/mol. The lowest BCUT2D eigenvalue weighted by Crippen LogP contribution is -2.41. The molecule has 0 aliphatic heterocycles. The predicted octanol–water partition coefficient (Wildman–Crippen LogP) is 6.47. The molecule has 136 valence electrons. The maximum atomic E-state index is 6.42. The summed E-state index contributed by atoms with van der Waals surface area (Å²) < 4.78 is 6.42. The van der Waals surface area contributed by atoms with Gasteiger partial charge in [-0.15, -0.1) is 0 Å². The second-order valence-electron chi connectivity index (χ2n) is 8.39. The lowest BCUT2D eigenvalue weighted by Gasteiger charge is -2.36. The molecule has 0 amide bonds. The van der Waals surface area contributed by atoms with Gasteiger partial charge in [-0.25, -0.2) is 0 Å². The lowest BCUT2D eigenvalue weighted by atomic mass is 9.94. The van der Waals surface area contributed by atoms with E-state index in [0.717, 1.165) is 18.7 Å². The van der Waals surface area contributed by atoms with E-state index in [1.54, 1.807) is 0 Å². The highest BCUT2D eigenvalue weighted by molar-refractivity contribution is 6.74. The van der Waals surface area contributed by atoms with Crippen LogP contribution in [0.3, 0.4) is 0 Å². The molecule has 0 radical (unpaired) electrons. The Morgan fingerprint density at radius 2 is 1.65 bits per heavy atom. The molecule has 0 aliphatic rings. The zero-order valence-corrected chi connectivity index (χ0v) is 17.5. The Balaban J connectivity index is 1.94. The van der Waals surface area contributed by atoms with Crippen molar-refractivity contribution in [1.82, 2.24) is 4.98 Å². The van der Waals surface area contributed by atoms with Crippen molar-refractivity contribution < 1.29 is 4.43 Å². The van der Waals surface area contributed by atoms with Crippen LogP contribution in [0.5, 0.6) is 0 Å². The average Bonchev–Trinajstić information content (AvgIpc) is 2.61. The number of benzene rings is 2. The van der Waals surface area contributed by atoms with Crippen molar-refractivity contribution in [2.24, 2.45) is 0 Å². The highest BCUT2D eigenvalue weighted by atomic mass is 28.4. The normalized spacial score (nSPS) is 12.5. The largest absolute Gasteiger partial charge is 0.416 e. The topological polar surface area (TPSA) is 22.1 Å². The van der Waals surface area contributed by atoms with E-state index in [2.05, 4.69) is 87.4 Å². The smallest absolute Gasteiger partial charge is 0.191 e. The number of hydrogen-bond donors (Lipinski definition) is 0. The fourth-order valence-corrected chi connectivity index (χ4v) is 4.02. The van der Waals surface area contributed by atoms with Gasteiger partial charge in [0.05, 0.1) is 5.69 Å². The highest BCUT2D eigenvalue weighted by Crippen LogP contribution is 2.37. The standard InChI is InChI=1S/C23H29NOSi/c1-23(2,3)26(4,5)25-17-15-19-14-13-18-10-6-7-11-20(18)22(19)21-12-8-9-16-24-21/h6-14,16H,15,17H2,1-5H3. The van der Waals surface area contributed by atoms with Crippen molar-refractivity contribution in [2.75, 3.05) is 6.61 Å². The number of nitrogens with zero attached hydrogens (tertiary/aromatic N) is 1. The minimum Gasteiger partial charge on any atom is -0.416 e. The van der Waals surface area contributed by atoms with Crippen molar-refractivity contribution in [1.29, 1.82) is 0 Å². The molecule has 1 heterocycles. The summed E-state index contributed by atoms with van der Waals surface area (Å²) in [7, 11) is -1.72. The van der Waals surface area contributed by atoms with Crippen LogP contribution in [0.25, 0.3) is 22.0 Å². The van der Waals surface area contributed by atoms with E-state index in [1.807, 2.05) is 12.3 Å². The first kappa shape index (κ1) is 18.8. The van der Waals surface area contributed by atoms with Gasteiger partial charge in [-0.1, -0.05) is 63.2 Å². The summed E-state index contributed by atoms with van der Waals surface area (Å²) in [5.41, 5.74) is 3.58. The molecule has 2 aromatic carbocycles. The Bertz CT molecular complexity index is 882. The molecule has 0 saturated carbocycles. The molecule has 0 N–H and O–H groups in total. The zero-order chi connectivity index (χ0) is 18.8. The predicted molar refractivity (Wildman–Crippen MR) is 114 cm³/mol. The van der Waals surface area contributed by atoms with Crippen molar-refractivity contribution in [3.05, 3.63) is 66.4 Å². The summed E-state index contributed by atoms with van der Waals surface area (Å²) in [5, 5.41) is 2.75. The third kappa shape index (κ3) is 3.89. The van der Waals surface area contributed by atoms with Gasteiger partial charge in [-0.3, -0.25) is 4.98 Å². The van der Waals surface area contributed by atoms with E-state index in [0.29, 0.717) is 0 Å². The molecule has 0 bridgehead atoms. The average molecular weight is 364 g/mol. The van der Waals surface area contributed by atoms with Crippen LogP contribution in [0, 0.1) is 0 Å². The molecule has 0 atom stereocenters. The van der Waals surface area contributed by atoms with Crippen molar-refractivity contribution >= 4 is 19.1 Å². The third-order valence-corrected chi connectivity index (χ3v) is 10.1. The molecule has 3 heteroatoms. The first-order valence-corrected chi connectivity index (χ1v) is 12.3. The highest BCUT2D eigenvalue weighted by Gasteiger charge is 2.36. The van der Waals surface area contributed by atoms with E-state index < -0.39 is 8.32 Å². The van der Waals surface area contributed by atoms with Crippen molar-refractivity contribution in [3.8, 4) is 11.3 Å². The maximum absolute atomic E-state index is 6.42. The fourth-order valence-electron chi connectivity index (χ4n) is 2.97. The molecule has 0 saturated heterocycles. The van der Waals surface area contributed by atoms with Gasteiger partial charge in [0.15, 0.2) is 8.32 Å². The first-order valence-electron chi connectivity index (χ1n) is 9.35. The second-order valence-corrected chi connectivity index (χ2v) is 13.2. The van der Waals surface area contributed by atoms with Gasteiger partial charge in [-0.05, 0) is 53.0 Å². The molecule has 2 nitrogen and oxygen atoms in total. The molecule has 3 aromatic rings. The second kappa shape index (κ2) is 7.34. The fraction of sp³-hybridized carbons (Fsp3) is 0.348. The van der Waals surface area contributed by atoms with E-state index >= 15 is 0 Å². The maximum Gasteiger partial charge on any atom is 0.191 e. The van der Waals surface area contributed by atoms with Crippen LogP contribution in [0.1, 0.15) is 26.3 Å². The van der Waals surface area contributed by atoms with Crippen LogP contribution in [0.4, 0.5) is 0 Å². The summed E-state index contributed by atoms with van der Waals surface area (Å²) in [6, 6.07) is 19.1. The quantitative estimate of drug-likeness (QED) is 0.485. The monoisotopic (exact) mass is 363 g/mol. The minimum atomic E-state index is -1.72. The number of aromatic nitrogens is 1. The van der Waals surface area contributed by atoms with Gasteiger partial charge in [-0.2, -0.15) is 0 Å². The van der Waals surface area contributed by atoms with E-state index in [4.69, 9.17) is 4.43 Å². The van der Waals surface area contributed by atoms with Gasteiger partial charge >= 0.3 is 0 Å². The summed E-state index contributed by atoms with van der Waals surface area (Å²) in [6.45, 7) is 12.2. The summed E-state index contributed by atoms with van der Waals surface area (Å²) >= 11 is 0. The molecule has 0 spiro atoms. The molecule has 0 aliphatic carbocycles. The molecule has 0 unspecified atom stereocenters. The Kier molecular flexibility index (Phi) is 5.31. The Morgan fingerprint density at radius 1 is 0.923 bits per heavy atom. The molecule has 1 aromatic heterocycles. The van der Waals surface area contributed by atoms with Crippen LogP contribution >= 0.6 is 0 Å². The van der Waals surface area contributed by atoms with E-state index in [9.17, 15) is 0 Å². The van der Waals surface area contributed by atoms with Crippen LogP contribution in [-0.4, -0.2) is 19.9 Å². The third-order valence-electron chi connectivity index (χ3n) is 5.58. The van der Waals surface area contributed by atoms with E-state index in [-0.39, 0.29) is 5.04 Å². The minimum absolute atomic E-state index is 0.236. The number of pyridine rings is 1. The van der Waals surface area contributed by atoms with Crippen LogP contribution in [0.15, 0.2) is 60.8 Å². The molecular formula is C23H29NOSi. The number of rotatable bonds is 5. The van der Waals surface area contributed by atoms with Crippen LogP contribution in [-0.2, 0) is 10.8 Å². The Hall–Kier alpha value is -1.97. The Labute approximate surface area is 158 Å². The van der Waals surface area contributed by atoms with Crippen LogP contribution in [0.2, 0.25) is 18.1 Å². The SMILES string of the molecule is CC(C)(C)[Si](C)(C)OCCc1ccc2ccccc2c1-c1ccccn1. The van der Waals surface area contributed by atoms with Crippen molar-refractivity contribution in [3.63, 3.8) is 0 Å². The number of fused-ring (bicyclic) bond motifs is 1. The summed E-state index contributed by atoms with van der Waals surface area (Å²) in [5.74, 6) is 0.